The summed E-state index contributed by atoms with van der Waals surface area (Å²) in [4.78, 5) is 30.5. The van der Waals surface area contributed by atoms with Gasteiger partial charge in [-0.15, -0.1) is 0 Å². The van der Waals surface area contributed by atoms with E-state index in [1.807, 2.05) is 24.1 Å². The fourth-order valence-corrected chi connectivity index (χ4v) is 6.47. The van der Waals surface area contributed by atoms with Crippen LogP contribution in [0.15, 0.2) is 42.5 Å². The lowest BCUT2D eigenvalue weighted by molar-refractivity contribution is -0.132. The van der Waals surface area contributed by atoms with Gasteiger partial charge in [0.25, 0.3) is 5.91 Å². The molecule has 210 valence electrons. The number of nitriles is 1. The first-order chi connectivity index (χ1) is 19.5. The zero-order valence-corrected chi connectivity index (χ0v) is 23.0. The molecule has 0 saturated carbocycles. The van der Waals surface area contributed by atoms with Crippen LogP contribution in [-0.2, 0) is 30.9 Å². The van der Waals surface area contributed by atoms with Crippen molar-refractivity contribution in [2.24, 2.45) is 0 Å². The molecule has 4 heterocycles. The number of carbonyl (C=O) groups is 2. The topological polar surface area (TPSA) is 107 Å². The number of rotatable bonds is 6. The molecule has 2 aromatic rings. The largest absolute Gasteiger partial charge is 0.378 e. The van der Waals surface area contributed by atoms with Crippen LogP contribution < -0.4 is 15.5 Å². The molecule has 2 N–H and O–H groups in total. The third-order valence-electron chi connectivity index (χ3n) is 9.01. The Balaban J connectivity index is 1.15. The van der Waals surface area contributed by atoms with Crippen LogP contribution in [-0.4, -0.2) is 87.9 Å². The third kappa shape index (κ3) is 5.01. The first kappa shape index (κ1) is 26.9. The first-order valence-electron chi connectivity index (χ1n) is 14.3. The van der Waals surface area contributed by atoms with Crippen LogP contribution in [0.2, 0.25) is 0 Å². The highest BCUT2D eigenvalue weighted by molar-refractivity contribution is 6.08. The van der Waals surface area contributed by atoms with Gasteiger partial charge in [0.15, 0.2) is 0 Å². The number of piperidine rings is 1. The van der Waals surface area contributed by atoms with Crippen molar-refractivity contribution >= 4 is 17.5 Å². The molecule has 40 heavy (non-hydrogen) atoms. The van der Waals surface area contributed by atoms with E-state index in [0.717, 1.165) is 80.1 Å². The highest BCUT2D eigenvalue weighted by Crippen LogP contribution is 2.49. The molecule has 2 amide bonds. The molecule has 4 aliphatic rings. The maximum Gasteiger partial charge on any atom is 0.251 e. The number of amides is 2. The van der Waals surface area contributed by atoms with Crippen molar-refractivity contribution in [1.29, 1.82) is 5.26 Å². The van der Waals surface area contributed by atoms with E-state index in [1.54, 1.807) is 0 Å². The Hall–Kier alpha value is -3.29. The van der Waals surface area contributed by atoms with Gasteiger partial charge in [0.1, 0.15) is 12.1 Å². The van der Waals surface area contributed by atoms with Crippen molar-refractivity contribution in [3.05, 3.63) is 53.6 Å². The van der Waals surface area contributed by atoms with Gasteiger partial charge in [-0.2, -0.15) is 5.26 Å². The molecule has 0 aromatic heterocycles. The molecule has 3 fully saturated rings. The van der Waals surface area contributed by atoms with Gasteiger partial charge in [0.05, 0.1) is 30.7 Å². The molecule has 4 aliphatic heterocycles. The smallest absolute Gasteiger partial charge is 0.251 e. The Morgan fingerprint density at radius 2 is 1.93 bits per heavy atom. The van der Waals surface area contributed by atoms with E-state index >= 15 is 0 Å². The lowest BCUT2D eigenvalue weighted by atomic mass is 9.73. The van der Waals surface area contributed by atoms with Crippen LogP contribution in [0.25, 0.3) is 11.1 Å². The van der Waals surface area contributed by atoms with Crippen LogP contribution in [0, 0.1) is 11.3 Å². The van der Waals surface area contributed by atoms with Gasteiger partial charge in [0, 0.05) is 32.3 Å². The van der Waals surface area contributed by atoms with Crippen molar-refractivity contribution in [1.82, 2.24) is 15.5 Å². The van der Waals surface area contributed by atoms with Crippen molar-refractivity contribution in [2.45, 2.75) is 49.3 Å². The van der Waals surface area contributed by atoms with E-state index < -0.39 is 17.6 Å². The van der Waals surface area contributed by atoms with E-state index in [-0.39, 0.29) is 11.8 Å². The first-order valence-corrected chi connectivity index (χ1v) is 14.3. The van der Waals surface area contributed by atoms with Crippen LogP contribution in [0.4, 0.5) is 5.69 Å². The van der Waals surface area contributed by atoms with Gasteiger partial charge in [-0.25, -0.2) is 0 Å². The van der Waals surface area contributed by atoms with E-state index in [4.69, 9.17) is 9.47 Å². The molecular weight excluding hydrogens is 506 g/mol. The van der Waals surface area contributed by atoms with Crippen molar-refractivity contribution in [3.8, 4) is 17.2 Å². The zero-order valence-electron chi connectivity index (χ0n) is 23.0. The molecule has 0 bridgehead atoms. The average molecular weight is 544 g/mol. The molecule has 0 unspecified atom stereocenters. The Bertz CT molecular complexity index is 1290. The molecule has 6 rings (SSSR count). The second kappa shape index (κ2) is 11.3. The lowest BCUT2D eigenvalue weighted by Crippen LogP contribution is -2.56. The quantitative estimate of drug-likeness (QED) is 0.574. The van der Waals surface area contributed by atoms with Crippen LogP contribution in [0.1, 0.15) is 30.4 Å². The lowest BCUT2D eigenvalue weighted by Gasteiger charge is -2.44. The molecule has 9 heteroatoms. The number of benzene rings is 2. The number of hydrogen-bond donors (Lipinski definition) is 2. The van der Waals surface area contributed by atoms with E-state index in [9.17, 15) is 14.9 Å². The minimum atomic E-state index is -0.635. The fourth-order valence-electron chi connectivity index (χ4n) is 6.47. The second-order valence-electron chi connectivity index (χ2n) is 11.4. The normalized spacial score (nSPS) is 23.6. The number of likely N-dealkylation sites (tertiary alicyclic amines) is 1. The number of ether oxygens (including phenoxy) is 2. The summed E-state index contributed by atoms with van der Waals surface area (Å²) in [6.07, 6.45) is 2.36. The van der Waals surface area contributed by atoms with Crippen LogP contribution >= 0.6 is 0 Å². The maximum absolute atomic E-state index is 13.5. The summed E-state index contributed by atoms with van der Waals surface area (Å²) in [5.41, 5.74) is 4.78. The number of fused-ring (bicyclic) bond motifs is 2. The van der Waals surface area contributed by atoms with Crippen LogP contribution in [0.5, 0.6) is 0 Å². The standard InChI is InChI=1S/C31H37N5O4/c1-35-27-8-7-23(16-26(27)31(30(35)38)9-12-36(13-10-31)25-19-39-20-25)22-5-3-21(4-6-22)15-24(17-32)34-29(37)28-18-33-11-2-14-40-28/h3-8,16,24-25,28,33H,2,9-15,18-20H2,1H3,(H,34,37)/t24-,28-/m0/s1. The summed E-state index contributed by atoms with van der Waals surface area (Å²) in [5, 5.41) is 15.7. The number of nitrogens with one attached hydrogen (secondary N) is 2. The van der Waals surface area contributed by atoms with E-state index in [2.05, 4.69) is 51.9 Å². The number of carbonyl (C=O) groups excluding carboxylic acids is 2. The SMILES string of the molecule is CN1C(=O)C2(CCN(C3COC3)CC2)c2cc(-c3ccc(C[C@@H](C#N)NC(=O)[C@@H]4CNCCCO4)cc3)ccc21. The monoisotopic (exact) mass is 543 g/mol. The van der Waals surface area contributed by atoms with E-state index in [1.165, 1.54) is 0 Å². The number of likely N-dealkylation sites (N-methyl/N-ethyl adjacent to an activating group) is 1. The molecule has 2 atom stereocenters. The van der Waals surface area contributed by atoms with Gasteiger partial charge in [0.2, 0.25) is 5.91 Å². The molecule has 3 saturated heterocycles. The number of hydrogen-bond acceptors (Lipinski definition) is 7. The molecule has 0 aliphatic carbocycles. The predicted octanol–water partition coefficient (Wildman–Crippen LogP) is 1.99. The summed E-state index contributed by atoms with van der Waals surface area (Å²) in [7, 11) is 1.89. The summed E-state index contributed by atoms with van der Waals surface area (Å²) in [6, 6.07) is 16.6. The number of anilines is 1. The second-order valence-corrected chi connectivity index (χ2v) is 11.4. The summed E-state index contributed by atoms with van der Waals surface area (Å²) in [5.74, 6) is -0.0508. The molecule has 2 aromatic carbocycles. The summed E-state index contributed by atoms with van der Waals surface area (Å²) in [6.45, 7) is 5.22. The predicted molar refractivity (Wildman–Crippen MR) is 151 cm³/mol. The molecular formula is C31H37N5O4. The van der Waals surface area contributed by atoms with Crippen molar-refractivity contribution < 1.29 is 19.1 Å². The Morgan fingerprint density at radius 1 is 1.18 bits per heavy atom. The summed E-state index contributed by atoms with van der Waals surface area (Å²) >= 11 is 0. The third-order valence-corrected chi connectivity index (χ3v) is 9.01. The molecule has 1 spiro atoms. The number of nitrogens with zero attached hydrogens (tertiary/aromatic N) is 3. The van der Waals surface area contributed by atoms with E-state index in [0.29, 0.717) is 25.6 Å². The molecule has 0 radical (unpaired) electrons. The Kier molecular flexibility index (Phi) is 7.60. The highest BCUT2D eigenvalue weighted by Gasteiger charge is 2.51. The Morgan fingerprint density at radius 3 is 2.62 bits per heavy atom. The summed E-state index contributed by atoms with van der Waals surface area (Å²) < 4.78 is 11.0. The minimum Gasteiger partial charge on any atom is -0.378 e. The highest BCUT2D eigenvalue weighted by atomic mass is 16.5. The average Bonchev–Trinajstić information content (AvgIpc) is 3.15. The van der Waals surface area contributed by atoms with Crippen molar-refractivity contribution in [3.63, 3.8) is 0 Å². The minimum absolute atomic E-state index is 0.203. The van der Waals surface area contributed by atoms with Gasteiger partial charge in [-0.3, -0.25) is 14.5 Å². The van der Waals surface area contributed by atoms with Gasteiger partial charge >= 0.3 is 0 Å². The maximum atomic E-state index is 13.5. The van der Waals surface area contributed by atoms with Crippen LogP contribution in [0.3, 0.4) is 0 Å². The van der Waals surface area contributed by atoms with Gasteiger partial charge in [-0.1, -0.05) is 30.3 Å². The molecule has 9 nitrogen and oxygen atoms in total. The van der Waals surface area contributed by atoms with Gasteiger partial charge in [-0.05, 0) is 73.3 Å². The Labute approximate surface area is 235 Å². The fraction of sp³-hybridized carbons (Fsp3) is 0.516. The van der Waals surface area contributed by atoms with Gasteiger partial charge < -0.3 is 25.0 Å². The zero-order chi connectivity index (χ0) is 27.7. The van der Waals surface area contributed by atoms with Crippen molar-refractivity contribution in [2.75, 3.05) is 57.9 Å².